The van der Waals surface area contributed by atoms with E-state index in [1.165, 1.54) is 0 Å². The first-order valence-electron chi connectivity index (χ1n) is 6.06. The number of carbonyl (C=O) groups is 1. The Morgan fingerprint density at radius 3 is 2.67 bits per heavy atom. The lowest BCUT2D eigenvalue weighted by atomic mass is 10.0. The van der Waals surface area contributed by atoms with Crippen molar-refractivity contribution >= 4 is 27.5 Å². The van der Waals surface area contributed by atoms with Crippen molar-refractivity contribution in [2.45, 2.75) is 24.3 Å². The van der Waals surface area contributed by atoms with Crippen LogP contribution in [0.3, 0.4) is 0 Å². The van der Waals surface area contributed by atoms with Crippen LogP contribution in [-0.2, 0) is 19.6 Å². The van der Waals surface area contributed by atoms with Gasteiger partial charge >= 0.3 is 0 Å². The molecule has 1 saturated heterocycles. The molecule has 0 saturated carbocycles. The highest BCUT2D eigenvalue weighted by atomic mass is 35.5. The fraction of sp³-hybridized carbons (Fsp3) is 0.417. The zero-order valence-corrected chi connectivity index (χ0v) is 12.5. The topological polar surface area (TPSA) is 72.5 Å². The highest BCUT2D eigenvalue weighted by Gasteiger charge is 2.35. The number of sulfonamides is 1. The molecule has 116 valence electrons. The van der Waals surface area contributed by atoms with E-state index in [4.69, 9.17) is 16.3 Å². The molecule has 21 heavy (non-hydrogen) atoms. The molecule has 1 N–H and O–H groups in total. The molecular formula is C12H12ClF2NO4S. The van der Waals surface area contributed by atoms with Crippen LogP contribution in [0.25, 0.3) is 0 Å². The van der Waals surface area contributed by atoms with E-state index in [9.17, 15) is 22.0 Å². The second-order valence-corrected chi connectivity index (χ2v) is 6.73. The second kappa shape index (κ2) is 5.86. The number of carbonyl (C=O) groups excluding carboxylic acids is 1. The number of ether oxygens (including phenoxy) is 1. The largest absolute Gasteiger partial charge is 0.368 e. The Bertz CT molecular complexity index is 680. The van der Waals surface area contributed by atoms with Gasteiger partial charge in [-0.1, -0.05) is 18.5 Å². The molecule has 2 rings (SSSR count). The minimum absolute atomic E-state index is 0.173. The van der Waals surface area contributed by atoms with Crippen LogP contribution in [0, 0.1) is 17.6 Å². The number of amides is 1. The maximum Gasteiger partial charge on any atom is 0.268 e. The summed E-state index contributed by atoms with van der Waals surface area (Å²) in [6.45, 7) is 2.05. The van der Waals surface area contributed by atoms with Gasteiger partial charge in [-0.05, 0) is 24.5 Å². The standard InChI is InChI=1S/C12H12ClF2NO4S/c1-6-4-5-20-10(6)12(17)16-21(18,19)11-7(13)2-3-8(14)9(11)15/h2-3,6,10H,4-5H2,1H3,(H,16,17)/t6-,10+/m1/s1. The SMILES string of the molecule is C[C@@H]1CCO[C@@H]1C(=O)NS(=O)(=O)c1c(Cl)ccc(F)c1F. The van der Waals surface area contributed by atoms with Crippen molar-refractivity contribution in [1.82, 2.24) is 4.72 Å². The van der Waals surface area contributed by atoms with Gasteiger partial charge in [0, 0.05) is 6.61 Å². The molecule has 1 fully saturated rings. The zero-order chi connectivity index (χ0) is 15.8. The predicted molar refractivity (Wildman–Crippen MR) is 70.2 cm³/mol. The lowest BCUT2D eigenvalue weighted by Gasteiger charge is -2.15. The Labute approximate surface area is 125 Å². The second-order valence-electron chi connectivity index (χ2n) is 4.70. The summed E-state index contributed by atoms with van der Waals surface area (Å²) in [4.78, 5) is 10.8. The van der Waals surface area contributed by atoms with Gasteiger partial charge in [0.15, 0.2) is 11.6 Å². The molecule has 0 unspecified atom stereocenters. The number of halogens is 3. The molecule has 0 spiro atoms. The first-order valence-corrected chi connectivity index (χ1v) is 7.92. The fourth-order valence-corrected chi connectivity index (χ4v) is 3.62. The summed E-state index contributed by atoms with van der Waals surface area (Å²) in [7, 11) is -4.63. The normalized spacial score (nSPS) is 22.3. The van der Waals surface area contributed by atoms with Crippen molar-refractivity contribution in [3.8, 4) is 0 Å². The molecule has 1 amide bonds. The third-order valence-corrected chi connectivity index (χ3v) is 4.98. The van der Waals surface area contributed by atoms with Crippen LogP contribution in [0.4, 0.5) is 8.78 Å². The number of rotatable bonds is 3. The fourth-order valence-electron chi connectivity index (χ4n) is 2.03. The van der Waals surface area contributed by atoms with Crippen LogP contribution in [-0.4, -0.2) is 27.0 Å². The molecule has 1 aliphatic heterocycles. The maximum absolute atomic E-state index is 13.6. The minimum Gasteiger partial charge on any atom is -0.368 e. The third-order valence-electron chi connectivity index (χ3n) is 3.15. The highest BCUT2D eigenvalue weighted by Crippen LogP contribution is 2.27. The molecule has 1 aromatic carbocycles. The average molecular weight is 340 g/mol. The van der Waals surface area contributed by atoms with Crippen LogP contribution >= 0.6 is 11.6 Å². The highest BCUT2D eigenvalue weighted by molar-refractivity contribution is 7.90. The van der Waals surface area contributed by atoms with Crippen LogP contribution in [0.15, 0.2) is 17.0 Å². The summed E-state index contributed by atoms with van der Waals surface area (Å²) in [5.41, 5.74) is 0. The summed E-state index contributed by atoms with van der Waals surface area (Å²) in [6.07, 6.45) is -0.345. The van der Waals surface area contributed by atoms with Gasteiger partial charge in [0.2, 0.25) is 0 Å². The first kappa shape index (κ1) is 16.1. The Hall–Kier alpha value is -1.25. The van der Waals surface area contributed by atoms with E-state index in [-0.39, 0.29) is 5.92 Å². The number of benzene rings is 1. The van der Waals surface area contributed by atoms with E-state index in [1.54, 1.807) is 11.6 Å². The van der Waals surface area contributed by atoms with Crippen molar-refractivity contribution in [2.24, 2.45) is 5.92 Å². The summed E-state index contributed by atoms with van der Waals surface area (Å²) in [5.74, 6) is -4.12. The minimum atomic E-state index is -4.63. The van der Waals surface area contributed by atoms with Crippen molar-refractivity contribution in [2.75, 3.05) is 6.61 Å². The van der Waals surface area contributed by atoms with E-state index < -0.39 is 43.6 Å². The van der Waals surface area contributed by atoms with Gasteiger partial charge in [0.1, 0.15) is 11.0 Å². The predicted octanol–water partition coefficient (Wildman–Crippen LogP) is 1.85. The van der Waals surface area contributed by atoms with Crippen LogP contribution in [0.5, 0.6) is 0 Å². The number of hydrogen-bond acceptors (Lipinski definition) is 4. The van der Waals surface area contributed by atoms with E-state index in [2.05, 4.69) is 0 Å². The first-order chi connectivity index (χ1) is 9.74. The number of hydrogen-bond donors (Lipinski definition) is 1. The molecule has 1 aromatic rings. The molecule has 9 heteroatoms. The van der Waals surface area contributed by atoms with Gasteiger partial charge in [-0.15, -0.1) is 0 Å². The Balaban J connectivity index is 2.31. The molecule has 2 atom stereocenters. The van der Waals surface area contributed by atoms with Crippen LogP contribution in [0.1, 0.15) is 13.3 Å². The summed E-state index contributed by atoms with van der Waals surface area (Å²) in [5, 5.41) is -0.519. The van der Waals surface area contributed by atoms with Gasteiger partial charge in [-0.3, -0.25) is 4.79 Å². The van der Waals surface area contributed by atoms with Gasteiger partial charge in [-0.2, -0.15) is 0 Å². The van der Waals surface area contributed by atoms with E-state index in [0.29, 0.717) is 19.1 Å². The zero-order valence-electron chi connectivity index (χ0n) is 10.9. The lowest BCUT2D eigenvalue weighted by molar-refractivity contribution is -0.129. The summed E-state index contributed by atoms with van der Waals surface area (Å²) < 4.78 is 57.6. The Morgan fingerprint density at radius 1 is 1.43 bits per heavy atom. The Kier molecular flexibility index (Phi) is 4.50. The van der Waals surface area contributed by atoms with E-state index in [1.807, 2.05) is 0 Å². The van der Waals surface area contributed by atoms with E-state index in [0.717, 1.165) is 6.07 Å². The quantitative estimate of drug-likeness (QED) is 0.853. The van der Waals surface area contributed by atoms with Gasteiger partial charge in [0.25, 0.3) is 15.9 Å². The average Bonchev–Trinajstić information content (AvgIpc) is 2.80. The molecule has 0 bridgehead atoms. The molecule has 0 radical (unpaired) electrons. The van der Waals surface area contributed by atoms with Crippen LogP contribution in [0.2, 0.25) is 5.02 Å². The molecular weight excluding hydrogens is 328 g/mol. The smallest absolute Gasteiger partial charge is 0.268 e. The molecule has 1 aliphatic rings. The summed E-state index contributed by atoms with van der Waals surface area (Å²) in [6, 6.07) is 1.59. The van der Waals surface area contributed by atoms with Crippen molar-refractivity contribution in [3.05, 3.63) is 28.8 Å². The number of nitrogens with one attached hydrogen (secondary N) is 1. The molecule has 0 aromatic heterocycles. The third kappa shape index (κ3) is 3.17. The lowest BCUT2D eigenvalue weighted by Crippen LogP contribution is -2.41. The van der Waals surface area contributed by atoms with Crippen molar-refractivity contribution < 1.29 is 26.7 Å². The van der Waals surface area contributed by atoms with Crippen molar-refractivity contribution in [1.29, 1.82) is 0 Å². The molecule has 0 aliphatic carbocycles. The maximum atomic E-state index is 13.6. The van der Waals surface area contributed by atoms with Crippen molar-refractivity contribution in [3.63, 3.8) is 0 Å². The molecule has 5 nitrogen and oxygen atoms in total. The van der Waals surface area contributed by atoms with Gasteiger partial charge in [-0.25, -0.2) is 21.9 Å². The molecule has 1 heterocycles. The summed E-state index contributed by atoms with van der Waals surface area (Å²) >= 11 is 5.59. The van der Waals surface area contributed by atoms with Gasteiger partial charge < -0.3 is 4.74 Å². The monoisotopic (exact) mass is 339 g/mol. The van der Waals surface area contributed by atoms with Crippen LogP contribution < -0.4 is 4.72 Å². The Morgan fingerprint density at radius 2 is 2.10 bits per heavy atom. The van der Waals surface area contributed by atoms with E-state index >= 15 is 0 Å². The van der Waals surface area contributed by atoms with Gasteiger partial charge in [0.05, 0.1) is 5.02 Å².